The van der Waals surface area contributed by atoms with Gasteiger partial charge in [0.05, 0.1) is 5.92 Å². The van der Waals surface area contributed by atoms with E-state index in [1.807, 2.05) is 4.90 Å². The first-order chi connectivity index (χ1) is 9.11. The smallest absolute Gasteiger partial charge is 0.227 e. The van der Waals surface area contributed by atoms with Crippen LogP contribution in [-0.2, 0) is 9.59 Å². The van der Waals surface area contributed by atoms with Crippen molar-refractivity contribution in [1.82, 2.24) is 15.1 Å². The summed E-state index contributed by atoms with van der Waals surface area (Å²) in [5.41, 5.74) is 0. The van der Waals surface area contributed by atoms with E-state index in [-0.39, 0.29) is 30.1 Å². The summed E-state index contributed by atoms with van der Waals surface area (Å²) < 4.78 is 0. The van der Waals surface area contributed by atoms with Crippen molar-refractivity contribution in [2.45, 2.75) is 26.2 Å². The Morgan fingerprint density at radius 1 is 1.35 bits per heavy atom. The predicted octanol–water partition coefficient (Wildman–Crippen LogP) is 0.735. The molecule has 0 radical (unpaired) electrons. The topological polar surface area (TPSA) is 52.7 Å². The Kier molecular flexibility index (Phi) is 6.76. The molecular formula is C14H26ClN3O2. The quantitative estimate of drug-likeness (QED) is 0.833. The molecule has 0 spiro atoms. The molecule has 5 nitrogen and oxygen atoms in total. The third kappa shape index (κ3) is 4.09. The third-order valence-electron chi connectivity index (χ3n) is 4.30. The van der Waals surface area contributed by atoms with Gasteiger partial charge in [-0.2, -0.15) is 0 Å². The summed E-state index contributed by atoms with van der Waals surface area (Å²) in [6.07, 6.45) is 2.55. The van der Waals surface area contributed by atoms with E-state index in [1.165, 1.54) is 0 Å². The Morgan fingerprint density at radius 3 is 2.50 bits per heavy atom. The lowest BCUT2D eigenvalue weighted by molar-refractivity contribution is -0.137. The number of rotatable bonds is 4. The van der Waals surface area contributed by atoms with Crippen LogP contribution in [0.1, 0.15) is 26.2 Å². The number of piperidine rings is 1. The van der Waals surface area contributed by atoms with Crippen LogP contribution in [0, 0.1) is 11.8 Å². The Morgan fingerprint density at radius 2 is 2.00 bits per heavy atom. The third-order valence-corrected chi connectivity index (χ3v) is 4.30. The number of likely N-dealkylation sites (tertiary alicyclic amines) is 2. The van der Waals surface area contributed by atoms with Crippen molar-refractivity contribution in [3.8, 4) is 0 Å². The summed E-state index contributed by atoms with van der Waals surface area (Å²) in [6, 6.07) is 0. The van der Waals surface area contributed by atoms with Crippen molar-refractivity contribution < 1.29 is 9.59 Å². The highest BCUT2D eigenvalue weighted by Gasteiger charge is 2.35. The first kappa shape index (κ1) is 17.2. The highest BCUT2D eigenvalue weighted by Crippen LogP contribution is 2.22. The molecule has 1 atom stereocenters. The van der Waals surface area contributed by atoms with Crippen LogP contribution < -0.4 is 5.32 Å². The summed E-state index contributed by atoms with van der Waals surface area (Å²) in [7, 11) is 1.78. The summed E-state index contributed by atoms with van der Waals surface area (Å²) in [5, 5.41) is 3.37. The fourth-order valence-electron chi connectivity index (χ4n) is 2.99. The van der Waals surface area contributed by atoms with Gasteiger partial charge >= 0.3 is 0 Å². The molecule has 0 bridgehead atoms. The molecule has 116 valence electrons. The number of amides is 2. The zero-order valence-electron chi connectivity index (χ0n) is 12.4. The van der Waals surface area contributed by atoms with Gasteiger partial charge < -0.3 is 15.1 Å². The predicted molar refractivity (Wildman–Crippen MR) is 80.8 cm³/mol. The van der Waals surface area contributed by atoms with Gasteiger partial charge in [-0.05, 0) is 31.8 Å². The second kappa shape index (κ2) is 7.84. The van der Waals surface area contributed by atoms with Gasteiger partial charge in [0.2, 0.25) is 11.8 Å². The molecule has 2 amide bonds. The van der Waals surface area contributed by atoms with Gasteiger partial charge in [-0.3, -0.25) is 9.59 Å². The molecule has 2 heterocycles. The minimum absolute atomic E-state index is 0. The van der Waals surface area contributed by atoms with Crippen molar-refractivity contribution >= 4 is 24.2 Å². The van der Waals surface area contributed by atoms with E-state index in [0.29, 0.717) is 18.9 Å². The maximum Gasteiger partial charge on any atom is 0.227 e. The fourth-order valence-corrected chi connectivity index (χ4v) is 2.99. The van der Waals surface area contributed by atoms with Crippen LogP contribution in [0.5, 0.6) is 0 Å². The van der Waals surface area contributed by atoms with Crippen LogP contribution >= 0.6 is 12.4 Å². The van der Waals surface area contributed by atoms with Crippen molar-refractivity contribution in [1.29, 1.82) is 0 Å². The van der Waals surface area contributed by atoms with Crippen LogP contribution in [0.4, 0.5) is 0 Å². The van der Waals surface area contributed by atoms with Crippen LogP contribution in [0.15, 0.2) is 0 Å². The molecule has 0 aliphatic carbocycles. The van der Waals surface area contributed by atoms with Gasteiger partial charge in [0.25, 0.3) is 0 Å². The number of halogens is 1. The van der Waals surface area contributed by atoms with Crippen molar-refractivity contribution in [3.63, 3.8) is 0 Å². The van der Waals surface area contributed by atoms with E-state index in [0.717, 1.165) is 39.0 Å². The number of nitrogens with zero attached hydrogens (tertiary/aromatic N) is 2. The monoisotopic (exact) mass is 303 g/mol. The minimum atomic E-state index is -0.109. The van der Waals surface area contributed by atoms with Gasteiger partial charge in [0, 0.05) is 33.1 Å². The summed E-state index contributed by atoms with van der Waals surface area (Å²) in [6.45, 7) is 6.48. The van der Waals surface area contributed by atoms with Crippen LogP contribution in [-0.4, -0.2) is 61.4 Å². The number of carbonyl (C=O) groups excluding carboxylic acids is 2. The molecule has 0 aromatic heterocycles. The van der Waals surface area contributed by atoms with Crippen LogP contribution in [0.2, 0.25) is 0 Å². The maximum atomic E-state index is 12.3. The molecule has 2 fully saturated rings. The van der Waals surface area contributed by atoms with Crippen molar-refractivity contribution in [3.05, 3.63) is 0 Å². The lowest BCUT2D eigenvalue weighted by Gasteiger charge is -2.33. The Balaban J connectivity index is 0.00000200. The normalized spacial score (nSPS) is 23.9. The molecule has 6 heteroatoms. The van der Waals surface area contributed by atoms with E-state index in [9.17, 15) is 9.59 Å². The number of hydrogen-bond acceptors (Lipinski definition) is 3. The lowest BCUT2D eigenvalue weighted by Crippen LogP contribution is -2.43. The number of carbonyl (C=O) groups is 2. The van der Waals surface area contributed by atoms with Gasteiger partial charge in [0.1, 0.15) is 0 Å². The minimum Gasteiger partial charge on any atom is -0.345 e. The molecule has 2 rings (SSSR count). The van der Waals surface area contributed by atoms with Gasteiger partial charge in [0.15, 0.2) is 0 Å². The van der Waals surface area contributed by atoms with Gasteiger partial charge in [-0.1, -0.05) is 6.92 Å². The Labute approximate surface area is 127 Å². The molecule has 1 N–H and O–H groups in total. The van der Waals surface area contributed by atoms with E-state index >= 15 is 0 Å². The van der Waals surface area contributed by atoms with E-state index in [2.05, 4.69) is 12.2 Å². The first-order valence-electron chi connectivity index (χ1n) is 7.35. The Hall–Kier alpha value is -0.810. The summed E-state index contributed by atoms with van der Waals surface area (Å²) in [4.78, 5) is 27.5. The second-order valence-electron chi connectivity index (χ2n) is 5.75. The summed E-state index contributed by atoms with van der Waals surface area (Å²) in [5.74, 6) is 0.861. The van der Waals surface area contributed by atoms with Crippen molar-refractivity contribution in [2.24, 2.45) is 11.8 Å². The Bertz CT molecular complexity index is 343. The molecule has 20 heavy (non-hydrogen) atoms. The second-order valence-corrected chi connectivity index (χ2v) is 5.75. The van der Waals surface area contributed by atoms with Crippen molar-refractivity contribution in [2.75, 3.05) is 39.8 Å². The van der Waals surface area contributed by atoms with E-state index < -0.39 is 0 Å². The highest BCUT2D eigenvalue weighted by molar-refractivity contribution is 5.89. The van der Waals surface area contributed by atoms with E-state index in [1.54, 1.807) is 11.9 Å². The molecule has 2 aliphatic heterocycles. The molecule has 2 saturated heterocycles. The lowest BCUT2D eigenvalue weighted by atomic mass is 9.95. The molecular weight excluding hydrogens is 278 g/mol. The van der Waals surface area contributed by atoms with Gasteiger partial charge in [-0.25, -0.2) is 0 Å². The van der Waals surface area contributed by atoms with Crippen LogP contribution in [0.25, 0.3) is 0 Å². The highest BCUT2D eigenvalue weighted by atomic mass is 35.5. The van der Waals surface area contributed by atoms with Gasteiger partial charge in [-0.15, -0.1) is 12.4 Å². The standard InChI is InChI=1S/C14H25N3O2.ClH/c1-3-15-9-11-4-6-17(7-5-11)14(19)12-8-13(18)16(2)10-12;/h11-12,15H,3-10H2,1-2H3;1H. The average Bonchev–Trinajstić information content (AvgIpc) is 2.76. The zero-order chi connectivity index (χ0) is 13.8. The molecule has 2 aliphatic rings. The fraction of sp³-hybridized carbons (Fsp3) is 0.857. The SMILES string of the molecule is CCNCC1CCN(C(=O)C2CC(=O)N(C)C2)CC1.Cl. The zero-order valence-corrected chi connectivity index (χ0v) is 13.2. The first-order valence-corrected chi connectivity index (χ1v) is 7.35. The number of hydrogen-bond donors (Lipinski definition) is 1. The molecule has 0 aromatic rings. The molecule has 0 aromatic carbocycles. The average molecular weight is 304 g/mol. The number of nitrogens with one attached hydrogen (secondary N) is 1. The van der Waals surface area contributed by atoms with E-state index in [4.69, 9.17) is 0 Å². The maximum absolute atomic E-state index is 12.3. The van der Waals surface area contributed by atoms with Crippen LogP contribution in [0.3, 0.4) is 0 Å². The molecule has 0 saturated carbocycles. The summed E-state index contributed by atoms with van der Waals surface area (Å²) >= 11 is 0. The molecule has 1 unspecified atom stereocenters. The largest absolute Gasteiger partial charge is 0.345 e.